The first-order valence-electron chi connectivity index (χ1n) is 5.74. The molecule has 2 aromatic heterocycles. The third kappa shape index (κ3) is 2.17. The van der Waals surface area contributed by atoms with Gasteiger partial charge in [-0.1, -0.05) is 12.1 Å². The monoisotopic (exact) mass is 272 g/mol. The van der Waals surface area contributed by atoms with Crippen LogP contribution in [0.3, 0.4) is 0 Å². The fourth-order valence-electron chi connectivity index (χ4n) is 1.88. The van der Waals surface area contributed by atoms with Gasteiger partial charge in [-0.25, -0.2) is 4.98 Å². The summed E-state index contributed by atoms with van der Waals surface area (Å²) in [4.78, 5) is 19.3. The number of aryl methyl sites for hydroxylation is 1. The molecule has 1 aromatic carbocycles. The van der Waals surface area contributed by atoms with Crippen LogP contribution in [0.15, 0.2) is 29.6 Å². The smallest absolute Gasteiger partial charge is 0.273 e. The molecule has 6 heteroatoms. The van der Waals surface area contributed by atoms with E-state index in [-0.39, 0.29) is 5.91 Å². The summed E-state index contributed by atoms with van der Waals surface area (Å²) in [5.74, 6) is -0.218. The molecular formula is C13H12N4OS. The van der Waals surface area contributed by atoms with Gasteiger partial charge < -0.3 is 10.7 Å². The lowest BCUT2D eigenvalue weighted by Gasteiger charge is -1.98. The lowest BCUT2D eigenvalue weighted by Crippen LogP contribution is -2.11. The number of carbonyl (C=O) groups excluding carboxylic acids is 1. The van der Waals surface area contributed by atoms with Gasteiger partial charge in [-0.3, -0.25) is 10.1 Å². The van der Waals surface area contributed by atoms with E-state index in [4.69, 9.17) is 5.73 Å². The maximum absolute atomic E-state index is 12.1. The summed E-state index contributed by atoms with van der Waals surface area (Å²) in [5.41, 5.74) is 8.62. The molecule has 96 valence electrons. The van der Waals surface area contributed by atoms with Crippen molar-refractivity contribution in [3.63, 3.8) is 0 Å². The van der Waals surface area contributed by atoms with Gasteiger partial charge in [-0.2, -0.15) is 0 Å². The number of H-pyrrole nitrogens is 1. The summed E-state index contributed by atoms with van der Waals surface area (Å²) in [6.07, 6.45) is 0. The zero-order valence-corrected chi connectivity index (χ0v) is 11.0. The Bertz CT molecular complexity index is 759. The summed E-state index contributed by atoms with van der Waals surface area (Å²) in [5, 5.41) is 6.15. The van der Waals surface area contributed by atoms with Crippen LogP contribution in [0.5, 0.6) is 0 Å². The molecule has 0 bridgehead atoms. The number of carbonyl (C=O) groups is 1. The number of para-hydroxylation sites is 1. The van der Waals surface area contributed by atoms with Gasteiger partial charge >= 0.3 is 0 Å². The van der Waals surface area contributed by atoms with Crippen LogP contribution >= 0.6 is 11.3 Å². The predicted octanol–water partition coefficient (Wildman–Crippen LogP) is 2.77. The minimum Gasteiger partial charge on any atom is -0.397 e. The van der Waals surface area contributed by atoms with Crippen molar-refractivity contribution >= 4 is 39.0 Å². The van der Waals surface area contributed by atoms with Gasteiger partial charge in [0, 0.05) is 10.8 Å². The Morgan fingerprint density at radius 3 is 3.00 bits per heavy atom. The second-order valence-corrected chi connectivity index (χ2v) is 5.10. The quantitative estimate of drug-likeness (QED) is 0.627. The number of amides is 1. The fourth-order valence-corrected chi connectivity index (χ4v) is 2.56. The molecule has 0 radical (unpaired) electrons. The highest BCUT2D eigenvalue weighted by atomic mass is 32.1. The molecule has 0 unspecified atom stereocenters. The van der Waals surface area contributed by atoms with Crippen LogP contribution in [0.1, 0.15) is 16.2 Å². The predicted molar refractivity (Wildman–Crippen MR) is 77.5 cm³/mol. The molecule has 0 fully saturated rings. The minimum atomic E-state index is -0.218. The lowest BCUT2D eigenvalue weighted by molar-refractivity contribution is 0.102. The molecule has 19 heavy (non-hydrogen) atoms. The van der Waals surface area contributed by atoms with Crippen LogP contribution in [0.25, 0.3) is 10.9 Å². The number of hydrogen-bond donors (Lipinski definition) is 3. The van der Waals surface area contributed by atoms with E-state index in [1.54, 1.807) is 12.1 Å². The van der Waals surface area contributed by atoms with Crippen molar-refractivity contribution in [2.75, 3.05) is 11.1 Å². The van der Waals surface area contributed by atoms with Crippen molar-refractivity contribution in [1.82, 2.24) is 9.97 Å². The van der Waals surface area contributed by atoms with Crippen LogP contribution in [0.4, 0.5) is 10.8 Å². The van der Waals surface area contributed by atoms with E-state index in [1.807, 2.05) is 24.4 Å². The molecule has 4 N–H and O–H groups in total. The van der Waals surface area contributed by atoms with Crippen LogP contribution in [0, 0.1) is 6.92 Å². The molecule has 0 saturated carbocycles. The topological polar surface area (TPSA) is 83.8 Å². The first-order valence-corrected chi connectivity index (χ1v) is 6.62. The highest BCUT2D eigenvalue weighted by Crippen LogP contribution is 2.22. The fraction of sp³-hybridized carbons (Fsp3) is 0.0769. The summed E-state index contributed by atoms with van der Waals surface area (Å²) in [6.45, 7) is 1.88. The van der Waals surface area contributed by atoms with E-state index < -0.39 is 0 Å². The lowest BCUT2D eigenvalue weighted by atomic mass is 10.2. The van der Waals surface area contributed by atoms with Gasteiger partial charge in [-0.15, -0.1) is 11.3 Å². The normalized spacial score (nSPS) is 10.8. The molecule has 5 nitrogen and oxygen atoms in total. The number of thiazole rings is 1. The molecule has 0 spiro atoms. The van der Waals surface area contributed by atoms with Crippen LogP contribution in [-0.4, -0.2) is 15.9 Å². The van der Waals surface area contributed by atoms with E-state index in [1.165, 1.54) is 11.3 Å². The number of fused-ring (bicyclic) bond motifs is 1. The van der Waals surface area contributed by atoms with E-state index in [2.05, 4.69) is 15.3 Å². The second-order valence-electron chi connectivity index (χ2n) is 4.24. The highest BCUT2D eigenvalue weighted by Gasteiger charge is 2.12. The summed E-state index contributed by atoms with van der Waals surface area (Å²) in [6, 6.07) is 7.34. The number of anilines is 2. The second kappa shape index (κ2) is 4.40. The third-order valence-corrected chi connectivity index (χ3v) is 3.65. The molecule has 0 saturated heterocycles. The number of benzene rings is 1. The maximum Gasteiger partial charge on any atom is 0.273 e. The SMILES string of the molecule is Cc1csc(NC(=O)c2cc3cccc(N)c3[nH]2)n1. The third-order valence-electron chi connectivity index (χ3n) is 2.77. The number of aromatic amines is 1. The number of nitrogen functional groups attached to an aromatic ring is 1. The van der Waals surface area contributed by atoms with Crippen molar-refractivity contribution in [2.45, 2.75) is 6.92 Å². The van der Waals surface area contributed by atoms with Crippen LogP contribution in [-0.2, 0) is 0 Å². The zero-order chi connectivity index (χ0) is 13.4. The first-order chi connectivity index (χ1) is 9.13. The van der Waals surface area contributed by atoms with Gasteiger partial charge in [0.05, 0.1) is 16.9 Å². The average Bonchev–Trinajstić information content (AvgIpc) is 2.96. The van der Waals surface area contributed by atoms with E-state index >= 15 is 0 Å². The largest absolute Gasteiger partial charge is 0.397 e. The molecule has 0 aliphatic rings. The van der Waals surface area contributed by atoms with E-state index in [0.717, 1.165) is 16.6 Å². The van der Waals surface area contributed by atoms with Crippen molar-refractivity contribution in [3.05, 3.63) is 41.0 Å². The van der Waals surface area contributed by atoms with Crippen LogP contribution < -0.4 is 11.1 Å². The molecular weight excluding hydrogens is 260 g/mol. The number of nitrogens with zero attached hydrogens (tertiary/aromatic N) is 1. The minimum absolute atomic E-state index is 0.218. The maximum atomic E-state index is 12.1. The highest BCUT2D eigenvalue weighted by molar-refractivity contribution is 7.13. The molecule has 0 aliphatic heterocycles. The first kappa shape index (κ1) is 11.7. The van der Waals surface area contributed by atoms with Crippen molar-refractivity contribution < 1.29 is 4.79 Å². The summed E-state index contributed by atoms with van der Waals surface area (Å²) in [7, 11) is 0. The molecule has 3 rings (SSSR count). The Morgan fingerprint density at radius 2 is 2.32 bits per heavy atom. The molecule has 0 aliphatic carbocycles. The van der Waals surface area contributed by atoms with Crippen molar-refractivity contribution in [2.24, 2.45) is 0 Å². The standard InChI is InChI=1S/C13H12N4OS/c1-7-6-19-13(15-7)17-12(18)10-5-8-3-2-4-9(14)11(8)16-10/h2-6,16H,14H2,1H3,(H,15,17,18). The van der Waals surface area contributed by atoms with E-state index in [9.17, 15) is 4.79 Å². The summed E-state index contributed by atoms with van der Waals surface area (Å²) < 4.78 is 0. The zero-order valence-electron chi connectivity index (χ0n) is 10.2. The molecule has 1 amide bonds. The Balaban J connectivity index is 1.91. The number of nitrogens with two attached hydrogens (primary N) is 1. The van der Waals surface area contributed by atoms with Gasteiger partial charge in [0.25, 0.3) is 5.91 Å². The van der Waals surface area contributed by atoms with Crippen molar-refractivity contribution in [3.8, 4) is 0 Å². The van der Waals surface area contributed by atoms with Gasteiger partial charge in [0.2, 0.25) is 0 Å². The number of nitrogens with one attached hydrogen (secondary N) is 2. The number of rotatable bonds is 2. The number of hydrogen-bond acceptors (Lipinski definition) is 4. The molecule has 3 aromatic rings. The Hall–Kier alpha value is -2.34. The van der Waals surface area contributed by atoms with Crippen molar-refractivity contribution in [1.29, 1.82) is 0 Å². The Labute approximate surface area is 113 Å². The molecule has 0 atom stereocenters. The average molecular weight is 272 g/mol. The van der Waals surface area contributed by atoms with Crippen LogP contribution in [0.2, 0.25) is 0 Å². The van der Waals surface area contributed by atoms with Gasteiger partial charge in [0.1, 0.15) is 5.69 Å². The summed E-state index contributed by atoms with van der Waals surface area (Å²) >= 11 is 1.40. The molecule has 2 heterocycles. The van der Waals surface area contributed by atoms with Gasteiger partial charge in [-0.05, 0) is 19.1 Å². The van der Waals surface area contributed by atoms with E-state index in [0.29, 0.717) is 16.5 Å². The van der Waals surface area contributed by atoms with Gasteiger partial charge in [0.15, 0.2) is 5.13 Å². The number of aromatic nitrogens is 2. The Morgan fingerprint density at radius 1 is 1.47 bits per heavy atom. The Kier molecular flexibility index (Phi) is 2.72.